The van der Waals surface area contributed by atoms with Gasteiger partial charge in [-0.1, -0.05) is 19.3 Å². The van der Waals surface area contributed by atoms with Crippen LogP contribution < -0.4 is 10.6 Å². The van der Waals surface area contributed by atoms with Crippen LogP contribution >= 0.6 is 15.9 Å². The molecule has 0 radical (unpaired) electrons. The molecule has 21 heavy (non-hydrogen) atoms. The van der Waals surface area contributed by atoms with E-state index in [0.717, 1.165) is 19.3 Å². The van der Waals surface area contributed by atoms with Crippen molar-refractivity contribution in [3.8, 4) is 0 Å². The van der Waals surface area contributed by atoms with Gasteiger partial charge in [0.15, 0.2) is 0 Å². The molecule has 114 valence electrons. The first kappa shape index (κ1) is 15.8. The number of nitrogens with one attached hydrogen (secondary N) is 2. The second-order valence-electron chi connectivity index (χ2n) is 5.15. The van der Waals surface area contributed by atoms with E-state index in [-0.39, 0.29) is 0 Å². The van der Waals surface area contributed by atoms with Crippen molar-refractivity contribution in [2.24, 2.45) is 0 Å². The summed E-state index contributed by atoms with van der Waals surface area (Å²) in [7, 11) is 0. The summed E-state index contributed by atoms with van der Waals surface area (Å²) in [6, 6.07) is 3.25. The van der Waals surface area contributed by atoms with E-state index in [2.05, 4.69) is 26.6 Å². The molecule has 1 aliphatic carbocycles. The number of anilines is 1. The van der Waals surface area contributed by atoms with Crippen LogP contribution in [-0.4, -0.2) is 22.6 Å². The van der Waals surface area contributed by atoms with E-state index in [9.17, 15) is 19.1 Å². The zero-order valence-electron chi connectivity index (χ0n) is 11.3. The van der Waals surface area contributed by atoms with E-state index >= 15 is 0 Å². The fourth-order valence-electron chi connectivity index (χ4n) is 2.51. The van der Waals surface area contributed by atoms with Gasteiger partial charge in [-0.05, 0) is 47.0 Å². The summed E-state index contributed by atoms with van der Waals surface area (Å²) in [4.78, 5) is 23.5. The highest BCUT2D eigenvalue weighted by atomic mass is 79.9. The third-order valence-corrected chi connectivity index (χ3v) is 4.30. The van der Waals surface area contributed by atoms with Crippen molar-refractivity contribution >= 4 is 33.6 Å². The molecule has 1 fully saturated rings. The van der Waals surface area contributed by atoms with Gasteiger partial charge in [-0.15, -0.1) is 0 Å². The Morgan fingerprint density at radius 2 is 1.90 bits per heavy atom. The minimum Gasteiger partial charge on any atom is -0.480 e. The number of benzene rings is 1. The van der Waals surface area contributed by atoms with Gasteiger partial charge in [-0.2, -0.15) is 0 Å². The largest absolute Gasteiger partial charge is 0.480 e. The summed E-state index contributed by atoms with van der Waals surface area (Å²) in [6.45, 7) is 0. The first-order chi connectivity index (χ1) is 9.93. The molecule has 0 spiro atoms. The summed E-state index contributed by atoms with van der Waals surface area (Å²) in [5.41, 5.74) is -0.834. The van der Waals surface area contributed by atoms with Gasteiger partial charge >= 0.3 is 12.0 Å². The Kier molecular flexibility index (Phi) is 4.82. The summed E-state index contributed by atoms with van der Waals surface area (Å²) in [6.07, 6.45) is 3.35. The molecule has 5 nitrogen and oxygen atoms in total. The van der Waals surface area contributed by atoms with Crippen LogP contribution in [0.2, 0.25) is 0 Å². The van der Waals surface area contributed by atoms with Crippen molar-refractivity contribution in [1.29, 1.82) is 0 Å². The molecular formula is C14H16BrFN2O3. The van der Waals surface area contributed by atoms with Crippen LogP contribution in [0.1, 0.15) is 32.1 Å². The number of hydrogen-bond donors (Lipinski definition) is 3. The molecule has 0 bridgehead atoms. The molecule has 3 N–H and O–H groups in total. The third kappa shape index (κ3) is 3.72. The van der Waals surface area contributed by atoms with Crippen molar-refractivity contribution < 1.29 is 19.1 Å². The van der Waals surface area contributed by atoms with Gasteiger partial charge < -0.3 is 15.7 Å². The second kappa shape index (κ2) is 6.43. The van der Waals surface area contributed by atoms with Crippen molar-refractivity contribution in [3.63, 3.8) is 0 Å². The number of carbonyl (C=O) groups is 2. The van der Waals surface area contributed by atoms with E-state index in [1.165, 1.54) is 18.2 Å². The quantitative estimate of drug-likeness (QED) is 0.773. The van der Waals surface area contributed by atoms with Crippen LogP contribution in [0.15, 0.2) is 22.7 Å². The predicted molar refractivity (Wildman–Crippen MR) is 79.7 cm³/mol. The van der Waals surface area contributed by atoms with E-state index in [1.807, 2.05) is 0 Å². The molecule has 0 aromatic heterocycles. The van der Waals surface area contributed by atoms with Crippen molar-refractivity contribution in [1.82, 2.24) is 5.32 Å². The molecule has 1 saturated carbocycles. The maximum atomic E-state index is 13.0. The van der Waals surface area contributed by atoms with E-state index < -0.39 is 23.4 Å². The van der Waals surface area contributed by atoms with Gasteiger partial charge in [0.1, 0.15) is 11.4 Å². The zero-order valence-corrected chi connectivity index (χ0v) is 12.9. The third-order valence-electron chi connectivity index (χ3n) is 3.65. The van der Waals surface area contributed by atoms with Gasteiger partial charge in [0, 0.05) is 4.47 Å². The maximum Gasteiger partial charge on any atom is 0.329 e. The Hall–Kier alpha value is -1.63. The number of carboxylic acids is 1. The highest BCUT2D eigenvalue weighted by Gasteiger charge is 2.41. The highest BCUT2D eigenvalue weighted by molar-refractivity contribution is 9.10. The highest BCUT2D eigenvalue weighted by Crippen LogP contribution is 2.29. The van der Waals surface area contributed by atoms with Crippen molar-refractivity contribution in [2.75, 3.05) is 5.32 Å². The lowest BCUT2D eigenvalue weighted by atomic mass is 9.82. The Morgan fingerprint density at radius 1 is 1.24 bits per heavy atom. The zero-order chi connectivity index (χ0) is 15.5. The molecule has 7 heteroatoms. The SMILES string of the molecule is O=C(Nc1ccc(F)cc1Br)NC1(C(=O)O)CCCCC1. The summed E-state index contributed by atoms with van der Waals surface area (Å²) < 4.78 is 13.4. The monoisotopic (exact) mass is 358 g/mol. The average molecular weight is 359 g/mol. The second-order valence-corrected chi connectivity index (χ2v) is 6.01. The molecule has 0 aliphatic heterocycles. The molecule has 1 aromatic carbocycles. The van der Waals surface area contributed by atoms with Crippen LogP contribution in [0.25, 0.3) is 0 Å². The Balaban J connectivity index is 2.07. The van der Waals surface area contributed by atoms with Gasteiger partial charge in [-0.3, -0.25) is 0 Å². The van der Waals surface area contributed by atoms with E-state index in [4.69, 9.17) is 0 Å². The number of urea groups is 1. The molecule has 1 aliphatic rings. The molecule has 0 atom stereocenters. The summed E-state index contributed by atoms with van der Waals surface area (Å²) >= 11 is 3.14. The minimum atomic E-state index is -1.21. The molecule has 2 rings (SSSR count). The number of carboxylic acid groups (broad SMARTS) is 1. The topological polar surface area (TPSA) is 78.4 Å². The fraction of sp³-hybridized carbons (Fsp3) is 0.429. The Labute approximate surface area is 130 Å². The van der Waals surface area contributed by atoms with Crippen LogP contribution in [0.3, 0.4) is 0 Å². The summed E-state index contributed by atoms with van der Waals surface area (Å²) in [5.74, 6) is -1.45. The van der Waals surface area contributed by atoms with Crippen LogP contribution in [-0.2, 0) is 4.79 Å². The maximum absolute atomic E-state index is 13.0. The summed E-state index contributed by atoms with van der Waals surface area (Å²) in [5, 5.41) is 14.5. The van der Waals surface area contributed by atoms with Crippen LogP contribution in [0, 0.1) is 5.82 Å². The molecule has 2 amide bonds. The number of rotatable bonds is 3. The van der Waals surface area contributed by atoms with Crippen molar-refractivity contribution in [2.45, 2.75) is 37.6 Å². The van der Waals surface area contributed by atoms with Crippen molar-refractivity contribution in [3.05, 3.63) is 28.5 Å². The standard InChI is InChI=1S/C14H16BrFN2O3/c15-10-8-9(16)4-5-11(10)17-13(21)18-14(12(19)20)6-2-1-3-7-14/h4-5,8H,1-3,6-7H2,(H,19,20)(H2,17,18,21). The van der Waals surface area contributed by atoms with E-state index in [1.54, 1.807) is 0 Å². The molecule has 0 heterocycles. The number of amides is 2. The normalized spacial score (nSPS) is 17.0. The van der Waals surface area contributed by atoms with Crippen LogP contribution in [0.4, 0.5) is 14.9 Å². The molecule has 1 aromatic rings. The minimum absolute atomic E-state index is 0.380. The molecule has 0 unspecified atom stereocenters. The Bertz CT molecular complexity index is 559. The average Bonchev–Trinajstić information content (AvgIpc) is 2.43. The van der Waals surface area contributed by atoms with Gasteiger partial charge in [-0.25, -0.2) is 14.0 Å². The fourth-order valence-corrected chi connectivity index (χ4v) is 2.96. The first-order valence-electron chi connectivity index (χ1n) is 6.70. The lowest BCUT2D eigenvalue weighted by Crippen LogP contribution is -2.56. The molecular weight excluding hydrogens is 343 g/mol. The first-order valence-corrected chi connectivity index (χ1v) is 7.50. The Morgan fingerprint density at radius 3 is 2.48 bits per heavy atom. The number of hydrogen-bond acceptors (Lipinski definition) is 2. The molecule has 0 saturated heterocycles. The van der Waals surface area contributed by atoms with Gasteiger partial charge in [0.2, 0.25) is 0 Å². The lowest BCUT2D eigenvalue weighted by molar-refractivity contribution is -0.145. The van der Waals surface area contributed by atoms with Gasteiger partial charge in [0.25, 0.3) is 0 Å². The van der Waals surface area contributed by atoms with E-state index in [0.29, 0.717) is 23.0 Å². The van der Waals surface area contributed by atoms with Gasteiger partial charge in [0.05, 0.1) is 5.69 Å². The van der Waals surface area contributed by atoms with Crippen LogP contribution in [0.5, 0.6) is 0 Å². The number of halogens is 2. The lowest BCUT2D eigenvalue weighted by Gasteiger charge is -2.33. The number of aliphatic carboxylic acids is 1. The number of carbonyl (C=O) groups excluding carboxylic acids is 1. The smallest absolute Gasteiger partial charge is 0.329 e. The predicted octanol–water partition coefficient (Wildman–Crippen LogP) is 3.50.